The summed E-state index contributed by atoms with van der Waals surface area (Å²) >= 11 is 0. The van der Waals surface area contributed by atoms with Crippen LogP contribution in [-0.4, -0.2) is 42.6 Å². The van der Waals surface area contributed by atoms with Crippen molar-refractivity contribution in [3.05, 3.63) is 29.3 Å². The number of benzene rings is 1. The SMILES string of the molecule is Cc1ccc(C)c(OCCN2C(=O)C[C@H]3NCC[C@H]32)c1. The summed E-state index contributed by atoms with van der Waals surface area (Å²) in [5.41, 5.74) is 2.34. The molecule has 1 amide bonds. The van der Waals surface area contributed by atoms with Crippen LogP contribution < -0.4 is 10.1 Å². The molecule has 3 rings (SSSR count). The molecule has 0 radical (unpaired) electrons. The Morgan fingerprint density at radius 2 is 2.25 bits per heavy atom. The van der Waals surface area contributed by atoms with Gasteiger partial charge in [-0.1, -0.05) is 12.1 Å². The monoisotopic (exact) mass is 274 g/mol. The van der Waals surface area contributed by atoms with Gasteiger partial charge in [-0.05, 0) is 44.0 Å². The molecule has 2 aliphatic rings. The van der Waals surface area contributed by atoms with Crippen LogP contribution in [0.1, 0.15) is 24.0 Å². The minimum Gasteiger partial charge on any atom is -0.491 e. The number of hydrogen-bond donors (Lipinski definition) is 1. The average molecular weight is 274 g/mol. The highest BCUT2D eigenvalue weighted by molar-refractivity contribution is 5.80. The Bertz CT molecular complexity index is 515. The lowest BCUT2D eigenvalue weighted by Gasteiger charge is -2.23. The summed E-state index contributed by atoms with van der Waals surface area (Å²) in [6, 6.07) is 6.96. The van der Waals surface area contributed by atoms with Gasteiger partial charge in [-0.15, -0.1) is 0 Å². The molecule has 20 heavy (non-hydrogen) atoms. The van der Waals surface area contributed by atoms with Crippen molar-refractivity contribution in [3.8, 4) is 5.75 Å². The normalized spacial score (nSPS) is 25.1. The van der Waals surface area contributed by atoms with Crippen LogP contribution in [0.3, 0.4) is 0 Å². The number of carbonyl (C=O) groups excluding carboxylic acids is 1. The average Bonchev–Trinajstić information content (AvgIpc) is 2.96. The Hall–Kier alpha value is -1.55. The van der Waals surface area contributed by atoms with Crippen molar-refractivity contribution >= 4 is 5.91 Å². The van der Waals surface area contributed by atoms with Crippen LogP contribution in [0.4, 0.5) is 0 Å². The molecular weight excluding hydrogens is 252 g/mol. The van der Waals surface area contributed by atoms with E-state index < -0.39 is 0 Å². The third kappa shape index (κ3) is 2.52. The minimum absolute atomic E-state index is 0.261. The van der Waals surface area contributed by atoms with E-state index in [0.29, 0.717) is 31.7 Å². The summed E-state index contributed by atoms with van der Waals surface area (Å²) in [4.78, 5) is 14.0. The number of carbonyl (C=O) groups is 1. The van der Waals surface area contributed by atoms with Crippen LogP contribution in [0.25, 0.3) is 0 Å². The zero-order valence-electron chi connectivity index (χ0n) is 12.2. The van der Waals surface area contributed by atoms with Gasteiger partial charge in [-0.25, -0.2) is 0 Å². The van der Waals surface area contributed by atoms with E-state index in [1.807, 2.05) is 11.8 Å². The van der Waals surface area contributed by atoms with Gasteiger partial charge in [0.15, 0.2) is 0 Å². The van der Waals surface area contributed by atoms with Crippen molar-refractivity contribution in [2.75, 3.05) is 19.7 Å². The van der Waals surface area contributed by atoms with Crippen molar-refractivity contribution < 1.29 is 9.53 Å². The quantitative estimate of drug-likeness (QED) is 0.907. The zero-order valence-corrected chi connectivity index (χ0v) is 12.2. The second-order valence-corrected chi connectivity index (χ2v) is 5.83. The summed E-state index contributed by atoms with van der Waals surface area (Å²) in [6.07, 6.45) is 1.72. The largest absolute Gasteiger partial charge is 0.491 e. The molecule has 0 bridgehead atoms. The summed E-state index contributed by atoms with van der Waals surface area (Å²) in [6.45, 7) is 6.39. The van der Waals surface area contributed by atoms with E-state index in [0.717, 1.165) is 24.3 Å². The van der Waals surface area contributed by atoms with Crippen LogP contribution in [0.2, 0.25) is 0 Å². The van der Waals surface area contributed by atoms with Crippen molar-refractivity contribution in [2.45, 2.75) is 38.8 Å². The van der Waals surface area contributed by atoms with Crippen LogP contribution in [0.15, 0.2) is 18.2 Å². The van der Waals surface area contributed by atoms with E-state index in [1.54, 1.807) is 0 Å². The lowest BCUT2D eigenvalue weighted by molar-refractivity contribution is -0.129. The maximum Gasteiger partial charge on any atom is 0.224 e. The molecule has 108 valence electrons. The van der Waals surface area contributed by atoms with Crippen LogP contribution in [-0.2, 0) is 4.79 Å². The molecule has 2 fully saturated rings. The van der Waals surface area contributed by atoms with Crippen molar-refractivity contribution in [1.82, 2.24) is 10.2 Å². The molecule has 0 aromatic heterocycles. The summed E-state index contributed by atoms with van der Waals surface area (Å²) in [5.74, 6) is 1.19. The van der Waals surface area contributed by atoms with E-state index >= 15 is 0 Å². The molecule has 1 N–H and O–H groups in total. The van der Waals surface area contributed by atoms with Gasteiger partial charge < -0.3 is 15.0 Å². The molecule has 1 aromatic carbocycles. The molecule has 1 aromatic rings. The molecule has 2 atom stereocenters. The fourth-order valence-electron chi connectivity index (χ4n) is 3.23. The van der Waals surface area contributed by atoms with E-state index in [2.05, 4.69) is 30.4 Å². The van der Waals surface area contributed by atoms with Crippen LogP contribution in [0, 0.1) is 13.8 Å². The summed E-state index contributed by atoms with van der Waals surface area (Å²) in [5, 5.41) is 3.40. The molecule has 2 saturated heterocycles. The lowest BCUT2D eigenvalue weighted by Crippen LogP contribution is -2.38. The number of fused-ring (bicyclic) bond motifs is 1. The Morgan fingerprint density at radius 1 is 1.40 bits per heavy atom. The fraction of sp³-hybridized carbons (Fsp3) is 0.562. The zero-order chi connectivity index (χ0) is 14.1. The highest BCUT2D eigenvalue weighted by Gasteiger charge is 2.41. The van der Waals surface area contributed by atoms with Gasteiger partial charge in [0.1, 0.15) is 12.4 Å². The predicted molar refractivity (Wildman–Crippen MR) is 77.9 cm³/mol. The number of aryl methyl sites for hydroxylation is 2. The first-order valence-corrected chi connectivity index (χ1v) is 7.38. The van der Waals surface area contributed by atoms with Crippen molar-refractivity contribution in [1.29, 1.82) is 0 Å². The van der Waals surface area contributed by atoms with Crippen molar-refractivity contribution in [3.63, 3.8) is 0 Å². The smallest absolute Gasteiger partial charge is 0.224 e. The van der Waals surface area contributed by atoms with E-state index in [4.69, 9.17) is 4.74 Å². The maximum absolute atomic E-state index is 12.0. The number of amides is 1. The Labute approximate surface area is 120 Å². The number of rotatable bonds is 4. The second-order valence-electron chi connectivity index (χ2n) is 5.83. The van der Waals surface area contributed by atoms with Gasteiger partial charge in [0, 0.05) is 18.5 Å². The van der Waals surface area contributed by atoms with E-state index in [9.17, 15) is 4.79 Å². The summed E-state index contributed by atoms with van der Waals surface area (Å²) < 4.78 is 5.86. The molecule has 2 aliphatic heterocycles. The third-order valence-corrected chi connectivity index (χ3v) is 4.36. The van der Waals surface area contributed by atoms with Gasteiger partial charge in [0.05, 0.1) is 6.54 Å². The van der Waals surface area contributed by atoms with Crippen LogP contribution >= 0.6 is 0 Å². The molecule has 0 unspecified atom stereocenters. The molecule has 2 heterocycles. The van der Waals surface area contributed by atoms with Gasteiger partial charge in [-0.2, -0.15) is 0 Å². The lowest BCUT2D eigenvalue weighted by atomic mass is 10.1. The third-order valence-electron chi connectivity index (χ3n) is 4.36. The van der Waals surface area contributed by atoms with Crippen LogP contribution in [0.5, 0.6) is 5.75 Å². The predicted octanol–water partition coefficient (Wildman–Crippen LogP) is 1.65. The van der Waals surface area contributed by atoms with Crippen molar-refractivity contribution in [2.24, 2.45) is 0 Å². The number of likely N-dealkylation sites (tertiary alicyclic amines) is 1. The molecule has 4 nitrogen and oxygen atoms in total. The molecule has 0 spiro atoms. The first-order chi connectivity index (χ1) is 9.65. The first kappa shape index (κ1) is 13.4. The Balaban J connectivity index is 1.57. The minimum atomic E-state index is 0.261. The number of ether oxygens (including phenoxy) is 1. The molecular formula is C16H22N2O2. The molecule has 0 saturated carbocycles. The Kier molecular flexibility index (Phi) is 3.66. The van der Waals surface area contributed by atoms with Gasteiger partial charge in [-0.3, -0.25) is 4.79 Å². The molecule has 0 aliphatic carbocycles. The molecule has 4 heteroatoms. The highest BCUT2D eigenvalue weighted by Crippen LogP contribution is 2.26. The number of hydrogen-bond acceptors (Lipinski definition) is 3. The standard InChI is InChI=1S/C16H22N2O2/c1-11-3-4-12(2)15(9-11)20-8-7-18-14-5-6-17-13(14)10-16(18)19/h3-4,9,13-14,17H,5-8,10H2,1-2H3/t13-,14-/m1/s1. The highest BCUT2D eigenvalue weighted by atomic mass is 16.5. The van der Waals surface area contributed by atoms with E-state index in [1.165, 1.54) is 5.56 Å². The topological polar surface area (TPSA) is 41.6 Å². The Morgan fingerprint density at radius 3 is 3.10 bits per heavy atom. The van der Waals surface area contributed by atoms with E-state index in [-0.39, 0.29) is 5.91 Å². The van der Waals surface area contributed by atoms with Gasteiger partial charge >= 0.3 is 0 Å². The number of nitrogens with one attached hydrogen (secondary N) is 1. The first-order valence-electron chi connectivity index (χ1n) is 7.38. The van der Waals surface area contributed by atoms with Gasteiger partial charge in [0.2, 0.25) is 5.91 Å². The second kappa shape index (κ2) is 5.44. The fourth-order valence-corrected chi connectivity index (χ4v) is 3.23. The number of nitrogens with zero attached hydrogens (tertiary/aromatic N) is 1. The maximum atomic E-state index is 12.0. The summed E-state index contributed by atoms with van der Waals surface area (Å²) in [7, 11) is 0. The van der Waals surface area contributed by atoms with Gasteiger partial charge in [0.25, 0.3) is 0 Å².